The highest BCUT2D eigenvalue weighted by Gasteiger charge is 2.37. The summed E-state index contributed by atoms with van der Waals surface area (Å²) < 4.78 is 0. The Kier molecular flexibility index (Phi) is 9.49. The van der Waals surface area contributed by atoms with Crippen LogP contribution in [0.1, 0.15) is 83.7 Å². The van der Waals surface area contributed by atoms with Gasteiger partial charge in [-0.3, -0.25) is 0 Å². The van der Waals surface area contributed by atoms with E-state index < -0.39 is 0 Å². The predicted octanol–water partition coefficient (Wildman–Crippen LogP) is 15.5. The molecule has 0 aliphatic heterocycles. The maximum absolute atomic E-state index is 2.50. The molecule has 1 heteroatoms. The maximum Gasteiger partial charge on any atom is 0.0465 e. The minimum absolute atomic E-state index is 0.0922. The average molecular weight is 774 g/mol. The van der Waals surface area contributed by atoms with Crippen LogP contribution in [0.3, 0.4) is 0 Å². The molecule has 8 aromatic carbocycles. The van der Waals surface area contributed by atoms with Crippen LogP contribution in [0, 0.1) is 0 Å². The number of nitrogens with zero attached hydrogens (tertiary/aromatic N) is 1. The van der Waals surface area contributed by atoms with Gasteiger partial charge in [0.25, 0.3) is 0 Å². The first-order valence-electron chi connectivity index (χ1n) is 21.5. The van der Waals surface area contributed by atoms with Crippen molar-refractivity contribution in [2.45, 2.75) is 57.3 Å². The zero-order valence-electron chi connectivity index (χ0n) is 35.1. The van der Waals surface area contributed by atoms with Crippen LogP contribution in [0.5, 0.6) is 0 Å². The van der Waals surface area contributed by atoms with Gasteiger partial charge in [0.1, 0.15) is 0 Å². The van der Waals surface area contributed by atoms with Gasteiger partial charge in [-0.05, 0) is 127 Å². The van der Waals surface area contributed by atoms with Gasteiger partial charge in [0, 0.05) is 27.9 Å². The summed E-state index contributed by atoms with van der Waals surface area (Å²) in [5.74, 6) is 0.413. The van der Waals surface area contributed by atoms with Gasteiger partial charge in [0.05, 0.1) is 0 Å². The molecule has 292 valence electrons. The minimum Gasteiger partial charge on any atom is -0.310 e. The number of hydrogen-bond acceptors (Lipinski definition) is 1. The molecule has 10 rings (SSSR count). The van der Waals surface area contributed by atoms with Gasteiger partial charge < -0.3 is 4.90 Å². The third kappa shape index (κ3) is 6.79. The lowest BCUT2D eigenvalue weighted by molar-refractivity contribution is 0.652. The highest BCUT2D eigenvalue weighted by atomic mass is 15.1. The predicted molar refractivity (Wildman–Crippen MR) is 255 cm³/mol. The molecule has 1 atom stereocenters. The normalized spacial score (nSPS) is 14.6. The Balaban J connectivity index is 0.905. The van der Waals surface area contributed by atoms with Gasteiger partial charge in [-0.1, -0.05) is 198 Å². The van der Waals surface area contributed by atoms with Gasteiger partial charge in [0.15, 0.2) is 0 Å². The quantitative estimate of drug-likeness (QED) is 0.125. The van der Waals surface area contributed by atoms with E-state index in [1.807, 2.05) is 0 Å². The lowest BCUT2D eigenvalue weighted by Crippen LogP contribution is -2.16. The zero-order valence-corrected chi connectivity index (χ0v) is 35.1. The van der Waals surface area contributed by atoms with Crippen molar-refractivity contribution >= 4 is 29.2 Å². The smallest absolute Gasteiger partial charge is 0.0465 e. The average Bonchev–Trinajstić information content (AvgIpc) is 3.65. The van der Waals surface area contributed by atoms with Crippen LogP contribution < -0.4 is 4.90 Å². The number of benzene rings is 8. The Morgan fingerprint density at radius 3 is 1.33 bits per heavy atom. The lowest BCUT2D eigenvalue weighted by atomic mass is 9.80. The SMILES string of the molecule is CC1(C)c2cc(/C=C/c3ccc4c(c3)C(C)(C)c3cc(N(c5ccccc5)c5ccccc5)ccc3-4)ccc2-c2ccc(CC(Cc3ccccc3)c3ccccc3)cc21. The fourth-order valence-electron chi connectivity index (χ4n) is 10.0. The molecule has 0 saturated heterocycles. The zero-order chi connectivity index (χ0) is 40.8. The van der Waals surface area contributed by atoms with Crippen molar-refractivity contribution < 1.29 is 0 Å². The summed E-state index contributed by atoms with van der Waals surface area (Å²) >= 11 is 0. The van der Waals surface area contributed by atoms with Crippen LogP contribution in [-0.4, -0.2) is 0 Å². The summed E-state index contributed by atoms with van der Waals surface area (Å²) in [5.41, 5.74) is 20.8. The largest absolute Gasteiger partial charge is 0.310 e. The van der Waals surface area contributed by atoms with Gasteiger partial charge in [-0.15, -0.1) is 0 Å². The molecule has 60 heavy (non-hydrogen) atoms. The summed E-state index contributed by atoms with van der Waals surface area (Å²) in [6, 6.07) is 71.7. The lowest BCUT2D eigenvalue weighted by Gasteiger charge is -2.28. The second kappa shape index (κ2) is 15.2. The Morgan fingerprint density at radius 2 is 0.800 bits per heavy atom. The van der Waals surface area contributed by atoms with E-state index in [2.05, 4.69) is 239 Å². The number of para-hydroxylation sites is 2. The Bertz CT molecular complexity index is 2810. The van der Waals surface area contributed by atoms with Crippen molar-refractivity contribution in [3.05, 3.63) is 244 Å². The van der Waals surface area contributed by atoms with E-state index in [9.17, 15) is 0 Å². The van der Waals surface area contributed by atoms with Crippen molar-refractivity contribution in [3.8, 4) is 22.3 Å². The molecule has 2 aliphatic rings. The van der Waals surface area contributed by atoms with Crippen LogP contribution >= 0.6 is 0 Å². The van der Waals surface area contributed by atoms with Gasteiger partial charge in [-0.25, -0.2) is 0 Å². The summed E-state index contributed by atoms with van der Waals surface area (Å²) in [6.07, 6.45) is 6.63. The number of fused-ring (bicyclic) bond motifs is 6. The Morgan fingerprint density at radius 1 is 0.383 bits per heavy atom. The molecule has 8 aromatic rings. The molecule has 0 fully saturated rings. The van der Waals surface area contributed by atoms with Crippen molar-refractivity contribution in [1.29, 1.82) is 0 Å². The number of rotatable bonds is 10. The van der Waals surface area contributed by atoms with Gasteiger partial charge in [-0.2, -0.15) is 0 Å². The molecule has 2 aliphatic carbocycles. The summed E-state index contributed by atoms with van der Waals surface area (Å²) in [4.78, 5) is 2.36. The topological polar surface area (TPSA) is 3.24 Å². The van der Waals surface area contributed by atoms with E-state index in [-0.39, 0.29) is 10.8 Å². The molecule has 0 heterocycles. The second-order valence-corrected chi connectivity index (χ2v) is 17.8. The molecule has 0 spiro atoms. The first-order chi connectivity index (χ1) is 29.2. The number of hydrogen-bond donors (Lipinski definition) is 0. The first-order valence-corrected chi connectivity index (χ1v) is 21.5. The van der Waals surface area contributed by atoms with E-state index in [0.29, 0.717) is 5.92 Å². The van der Waals surface area contributed by atoms with E-state index >= 15 is 0 Å². The molecule has 0 aromatic heterocycles. The minimum atomic E-state index is -0.144. The third-order valence-electron chi connectivity index (χ3n) is 13.3. The van der Waals surface area contributed by atoms with Crippen molar-refractivity contribution in [1.82, 2.24) is 0 Å². The van der Waals surface area contributed by atoms with Crippen LogP contribution in [0.4, 0.5) is 17.1 Å². The summed E-state index contributed by atoms with van der Waals surface area (Å²) in [6.45, 7) is 9.55. The highest BCUT2D eigenvalue weighted by Crippen LogP contribution is 2.52. The van der Waals surface area contributed by atoms with E-state index in [1.165, 1.54) is 78.0 Å². The van der Waals surface area contributed by atoms with Gasteiger partial charge in [0.2, 0.25) is 0 Å². The summed E-state index contributed by atoms with van der Waals surface area (Å²) in [5, 5.41) is 0. The Hall–Kier alpha value is -6.70. The summed E-state index contributed by atoms with van der Waals surface area (Å²) in [7, 11) is 0. The molecule has 0 radical (unpaired) electrons. The van der Waals surface area contributed by atoms with Crippen LogP contribution in [0.2, 0.25) is 0 Å². The standard InChI is InChI=1S/C59H51N/c1-58(2)54-37-42(27-31-50(54)52-33-29-44(39-56(52)58)36-46(45-19-11-6-12-20-45)35-41-17-9-5-10-18-41)25-26-43-28-32-51-53-34-30-49(40-57(53)59(3,4)55(51)38-43)60(47-21-13-7-14-22-47)48-23-15-8-16-24-48/h5-34,37-40,46H,35-36H2,1-4H3/b26-25+. The molecule has 1 nitrogen and oxygen atoms in total. The molecule has 0 amide bonds. The molecular formula is C59H51N. The fraction of sp³-hybridized carbons (Fsp3) is 0.153. The fourth-order valence-corrected chi connectivity index (χ4v) is 10.0. The van der Waals surface area contributed by atoms with Crippen molar-refractivity contribution in [3.63, 3.8) is 0 Å². The van der Waals surface area contributed by atoms with Crippen LogP contribution in [0.25, 0.3) is 34.4 Å². The number of anilines is 3. The highest BCUT2D eigenvalue weighted by molar-refractivity contribution is 5.87. The van der Waals surface area contributed by atoms with Crippen LogP contribution in [0.15, 0.2) is 194 Å². The van der Waals surface area contributed by atoms with Gasteiger partial charge >= 0.3 is 0 Å². The van der Waals surface area contributed by atoms with E-state index in [1.54, 1.807) is 0 Å². The molecule has 0 saturated carbocycles. The van der Waals surface area contributed by atoms with Crippen molar-refractivity contribution in [2.24, 2.45) is 0 Å². The van der Waals surface area contributed by atoms with E-state index in [4.69, 9.17) is 0 Å². The molecular weight excluding hydrogens is 723 g/mol. The third-order valence-corrected chi connectivity index (χ3v) is 13.3. The Labute approximate surface area is 356 Å². The second-order valence-electron chi connectivity index (χ2n) is 17.8. The van der Waals surface area contributed by atoms with Crippen molar-refractivity contribution in [2.75, 3.05) is 4.90 Å². The maximum atomic E-state index is 2.50. The molecule has 0 bridgehead atoms. The first kappa shape index (κ1) is 37.6. The van der Waals surface area contributed by atoms with Crippen LogP contribution in [-0.2, 0) is 23.7 Å². The van der Waals surface area contributed by atoms with E-state index in [0.717, 1.165) is 24.2 Å². The molecule has 0 N–H and O–H groups in total. The monoisotopic (exact) mass is 773 g/mol. The molecule has 1 unspecified atom stereocenters.